The number of carbonyl (C=O) groups excluding carboxylic acids is 2. The summed E-state index contributed by atoms with van der Waals surface area (Å²) in [5.74, 6) is 0.0409. The van der Waals surface area contributed by atoms with Gasteiger partial charge in [-0.1, -0.05) is 0 Å². The van der Waals surface area contributed by atoms with Gasteiger partial charge in [0.15, 0.2) is 11.9 Å². The van der Waals surface area contributed by atoms with Gasteiger partial charge >= 0.3 is 5.63 Å². The summed E-state index contributed by atoms with van der Waals surface area (Å²) in [7, 11) is 0. The van der Waals surface area contributed by atoms with E-state index in [-0.39, 0.29) is 11.7 Å². The van der Waals surface area contributed by atoms with E-state index in [9.17, 15) is 14.4 Å². The van der Waals surface area contributed by atoms with Gasteiger partial charge in [0.2, 0.25) is 0 Å². The minimum atomic E-state index is -0.768. The fourth-order valence-corrected chi connectivity index (χ4v) is 2.40. The molecule has 6 heteroatoms. The molecule has 1 unspecified atom stereocenters. The fourth-order valence-electron chi connectivity index (χ4n) is 2.40. The van der Waals surface area contributed by atoms with Crippen molar-refractivity contribution in [1.29, 1.82) is 0 Å². The Kier molecular flexibility index (Phi) is 4.84. The molecule has 1 N–H and O–H groups in total. The second-order valence-corrected chi connectivity index (χ2v) is 5.84. The van der Waals surface area contributed by atoms with Crippen molar-refractivity contribution in [2.45, 2.75) is 20.0 Å². The molecule has 2 aromatic carbocycles. The van der Waals surface area contributed by atoms with Gasteiger partial charge in [-0.3, -0.25) is 9.59 Å². The lowest BCUT2D eigenvalue weighted by Crippen LogP contribution is -2.30. The van der Waals surface area contributed by atoms with Crippen LogP contribution in [0.3, 0.4) is 0 Å². The van der Waals surface area contributed by atoms with Gasteiger partial charge in [0.05, 0.1) is 0 Å². The minimum Gasteiger partial charge on any atom is -0.481 e. The van der Waals surface area contributed by atoms with Gasteiger partial charge < -0.3 is 14.5 Å². The third-order valence-corrected chi connectivity index (χ3v) is 3.84. The number of anilines is 1. The zero-order valence-electron chi connectivity index (χ0n) is 14.3. The molecular formula is C20H17NO5. The highest BCUT2D eigenvalue weighted by molar-refractivity contribution is 5.96. The van der Waals surface area contributed by atoms with E-state index in [1.54, 1.807) is 55.5 Å². The molecule has 132 valence electrons. The van der Waals surface area contributed by atoms with Gasteiger partial charge in [0, 0.05) is 28.8 Å². The summed E-state index contributed by atoms with van der Waals surface area (Å²) in [5, 5.41) is 3.49. The molecule has 0 saturated carbocycles. The molecule has 26 heavy (non-hydrogen) atoms. The van der Waals surface area contributed by atoms with E-state index in [2.05, 4.69) is 5.32 Å². The van der Waals surface area contributed by atoms with E-state index in [0.29, 0.717) is 22.6 Å². The molecule has 1 aromatic heterocycles. The lowest BCUT2D eigenvalue weighted by Gasteiger charge is -2.15. The van der Waals surface area contributed by atoms with Crippen molar-refractivity contribution in [2.24, 2.45) is 0 Å². The Morgan fingerprint density at radius 3 is 2.42 bits per heavy atom. The largest absolute Gasteiger partial charge is 0.481 e. The average Bonchev–Trinajstić information content (AvgIpc) is 2.61. The van der Waals surface area contributed by atoms with Gasteiger partial charge in [-0.05, 0) is 56.3 Å². The second kappa shape index (κ2) is 7.23. The lowest BCUT2D eigenvalue weighted by molar-refractivity contribution is -0.122. The first-order valence-corrected chi connectivity index (χ1v) is 8.05. The quantitative estimate of drug-likeness (QED) is 0.562. The fraction of sp³-hybridized carbons (Fsp3) is 0.150. The highest BCUT2D eigenvalue weighted by atomic mass is 16.5. The molecule has 0 spiro atoms. The predicted molar refractivity (Wildman–Crippen MR) is 97.7 cm³/mol. The highest BCUT2D eigenvalue weighted by Crippen LogP contribution is 2.21. The van der Waals surface area contributed by atoms with Crippen LogP contribution in [0.4, 0.5) is 5.69 Å². The summed E-state index contributed by atoms with van der Waals surface area (Å²) < 4.78 is 10.7. The van der Waals surface area contributed by atoms with Crippen LogP contribution < -0.4 is 15.7 Å². The zero-order chi connectivity index (χ0) is 18.7. The Morgan fingerprint density at radius 1 is 1.04 bits per heavy atom. The molecular weight excluding hydrogens is 334 g/mol. The van der Waals surface area contributed by atoms with E-state index < -0.39 is 11.7 Å². The summed E-state index contributed by atoms with van der Waals surface area (Å²) in [6.45, 7) is 3.10. The Hall–Kier alpha value is -3.41. The molecule has 0 aliphatic rings. The SMILES string of the molecule is CC(=O)c1ccc(NC(=O)C(C)Oc2ccc3ccc(=O)oc3c2)cc1. The smallest absolute Gasteiger partial charge is 0.336 e. The van der Waals surface area contributed by atoms with Crippen LogP contribution in [0.1, 0.15) is 24.2 Å². The average molecular weight is 351 g/mol. The Bertz CT molecular complexity index is 1020. The first-order chi connectivity index (χ1) is 12.4. The van der Waals surface area contributed by atoms with Crippen LogP contribution >= 0.6 is 0 Å². The molecule has 0 aliphatic carbocycles. The van der Waals surface area contributed by atoms with E-state index in [4.69, 9.17) is 9.15 Å². The molecule has 1 amide bonds. The predicted octanol–water partition coefficient (Wildman–Crippen LogP) is 3.40. The standard InChI is InChI=1S/C20H17NO5/c1-12(22)14-3-7-16(8-4-14)21-20(24)13(2)25-17-9-5-15-6-10-19(23)26-18(15)11-17/h3-11,13H,1-2H3,(H,21,24). The third kappa shape index (κ3) is 3.97. The van der Waals surface area contributed by atoms with Crippen LogP contribution in [0.15, 0.2) is 63.8 Å². The summed E-state index contributed by atoms with van der Waals surface area (Å²) in [6.07, 6.45) is -0.768. The summed E-state index contributed by atoms with van der Waals surface area (Å²) in [6, 6.07) is 14.6. The van der Waals surface area contributed by atoms with Crippen molar-refractivity contribution in [3.05, 3.63) is 70.6 Å². The van der Waals surface area contributed by atoms with Gasteiger partial charge in [0.25, 0.3) is 5.91 Å². The van der Waals surface area contributed by atoms with E-state index in [0.717, 1.165) is 5.39 Å². The van der Waals surface area contributed by atoms with Gasteiger partial charge in [-0.25, -0.2) is 4.79 Å². The topological polar surface area (TPSA) is 85.6 Å². The first-order valence-electron chi connectivity index (χ1n) is 8.05. The third-order valence-electron chi connectivity index (χ3n) is 3.84. The molecule has 6 nitrogen and oxygen atoms in total. The molecule has 3 aromatic rings. The Morgan fingerprint density at radius 2 is 1.73 bits per heavy atom. The van der Waals surface area contributed by atoms with Crippen molar-refractivity contribution >= 4 is 28.3 Å². The number of carbonyl (C=O) groups is 2. The van der Waals surface area contributed by atoms with Gasteiger partial charge in [-0.2, -0.15) is 0 Å². The van der Waals surface area contributed by atoms with E-state index >= 15 is 0 Å². The number of hydrogen-bond donors (Lipinski definition) is 1. The Balaban J connectivity index is 1.68. The molecule has 1 atom stereocenters. The van der Waals surface area contributed by atoms with Crippen LogP contribution in [0, 0.1) is 0 Å². The molecule has 0 fully saturated rings. The first kappa shape index (κ1) is 17.4. The molecule has 0 saturated heterocycles. The number of ether oxygens (including phenoxy) is 1. The molecule has 0 aliphatic heterocycles. The summed E-state index contributed by atoms with van der Waals surface area (Å²) >= 11 is 0. The number of rotatable bonds is 5. The van der Waals surface area contributed by atoms with Crippen molar-refractivity contribution in [1.82, 2.24) is 0 Å². The van der Waals surface area contributed by atoms with Crippen LogP contribution in [-0.2, 0) is 4.79 Å². The van der Waals surface area contributed by atoms with E-state index in [1.807, 2.05) is 0 Å². The Labute approximate surface area is 149 Å². The minimum absolute atomic E-state index is 0.0393. The number of fused-ring (bicyclic) bond motifs is 1. The van der Waals surface area contributed by atoms with Crippen molar-refractivity contribution in [3.8, 4) is 5.75 Å². The number of Topliss-reactive ketones (excluding diaryl/α,β-unsaturated/α-hetero) is 1. The van der Waals surface area contributed by atoms with Crippen LogP contribution in [0.25, 0.3) is 11.0 Å². The maximum Gasteiger partial charge on any atom is 0.336 e. The summed E-state index contributed by atoms with van der Waals surface area (Å²) in [5.41, 5.74) is 1.08. The molecule has 0 bridgehead atoms. The number of amides is 1. The van der Waals surface area contributed by atoms with Crippen molar-refractivity contribution < 1.29 is 18.7 Å². The van der Waals surface area contributed by atoms with Gasteiger partial charge in [-0.15, -0.1) is 0 Å². The van der Waals surface area contributed by atoms with Crippen LogP contribution in [0.2, 0.25) is 0 Å². The number of benzene rings is 2. The number of ketones is 1. The highest BCUT2D eigenvalue weighted by Gasteiger charge is 2.15. The second-order valence-electron chi connectivity index (χ2n) is 5.84. The normalized spacial score (nSPS) is 11.8. The molecule has 3 rings (SSSR count). The van der Waals surface area contributed by atoms with Crippen LogP contribution in [0.5, 0.6) is 5.75 Å². The van der Waals surface area contributed by atoms with Crippen LogP contribution in [-0.4, -0.2) is 17.8 Å². The zero-order valence-corrected chi connectivity index (χ0v) is 14.3. The molecule has 1 heterocycles. The van der Waals surface area contributed by atoms with Gasteiger partial charge in [0.1, 0.15) is 11.3 Å². The van der Waals surface area contributed by atoms with E-state index in [1.165, 1.54) is 13.0 Å². The lowest BCUT2D eigenvalue weighted by atomic mass is 10.1. The number of nitrogens with one attached hydrogen (secondary N) is 1. The van der Waals surface area contributed by atoms with Crippen molar-refractivity contribution in [3.63, 3.8) is 0 Å². The van der Waals surface area contributed by atoms with Crippen molar-refractivity contribution in [2.75, 3.05) is 5.32 Å². The number of hydrogen-bond acceptors (Lipinski definition) is 5. The summed E-state index contributed by atoms with van der Waals surface area (Å²) in [4.78, 5) is 34.8. The maximum atomic E-state index is 12.3. The molecule has 0 radical (unpaired) electrons. The maximum absolute atomic E-state index is 12.3. The monoisotopic (exact) mass is 351 g/mol.